The summed E-state index contributed by atoms with van der Waals surface area (Å²) in [6.45, 7) is 2.08. The Balaban J connectivity index is 1.58. The van der Waals surface area contributed by atoms with E-state index < -0.39 is 5.97 Å². The van der Waals surface area contributed by atoms with E-state index in [9.17, 15) is 9.59 Å². The van der Waals surface area contributed by atoms with Crippen LogP contribution in [0.1, 0.15) is 24.8 Å². The molecule has 1 aromatic carbocycles. The van der Waals surface area contributed by atoms with Gasteiger partial charge in [0.1, 0.15) is 0 Å². The van der Waals surface area contributed by atoms with Crippen LogP contribution in [0.2, 0.25) is 0 Å². The summed E-state index contributed by atoms with van der Waals surface area (Å²) in [4.78, 5) is 24.0. The van der Waals surface area contributed by atoms with Gasteiger partial charge in [0.25, 0.3) is 0 Å². The van der Waals surface area contributed by atoms with Crippen molar-refractivity contribution in [2.24, 2.45) is 0 Å². The van der Waals surface area contributed by atoms with Crippen molar-refractivity contribution < 1.29 is 19.4 Å². The Bertz CT molecular complexity index is 507. The highest BCUT2D eigenvalue weighted by molar-refractivity contribution is 5.75. The number of carboxylic acid groups (broad SMARTS) is 1. The number of hydrogen-bond donors (Lipinski definition) is 2. The molecular formula is C17H24N2O4. The molecule has 6 nitrogen and oxygen atoms in total. The van der Waals surface area contributed by atoms with Crippen LogP contribution in [0, 0.1) is 0 Å². The van der Waals surface area contributed by atoms with Crippen molar-refractivity contribution in [3.63, 3.8) is 0 Å². The number of carboxylic acids is 1. The van der Waals surface area contributed by atoms with Crippen LogP contribution in [0.5, 0.6) is 0 Å². The van der Waals surface area contributed by atoms with E-state index in [1.807, 2.05) is 18.2 Å². The predicted octanol–water partition coefficient (Wildman–Crippen LogP) is 1.89. The van der Waals surface area contributed by atoms with Crippen molar-refractivity contribution in [1.82, 2.24) is 10.2 Å². The van der Waals surface area contributed by atoms with Crippen LogP contribution in [-0.2, 0) is 16.0 Å². The molecule has 6 heteroatoms. The average molecular weight is 320 g/mol. The van der Waals surface area contributed by atoms with Gasteiger partial charge in [-0.2, -0.15) is 0 Å². The van der Waals surface area contributed by atoms with E-state index in [0.29, 0.717) is 19.7 Å². The summed E-state index contributed by atoms with van der Waals surface area (Å²) >= 11 is 0. The Labute approximate surface area is 136 Å². The standard InChI is InChI=1S/C17H24N2O4/c20-16(21)8-10-18-17(22)19-11-9-15(13-19)23-12-4-7-14-5-2-1-3-6-14/h1-3,5-6,15H,4,7-13H2,(H,18,22)(H,20,21). The normalized spacial score (nSPS) is 17.2. The van der Waals surface area contributed by atoms with Gasteiger partial charge in [0, 0.05) is 26.2 Å². The molecular weight excluding hydrogens is 296 g/mol. The molecule has 0 bridgehead atoms. The first kappa shape index (κ1) is 17.3. The molecule has 23 heavy (non-hydrogen) atoms. The van der Waals surface area contributed by atoms with Crippen LogP contribution in [0.4, 0.5) is 4.79 Å². The van der Waals surface area contributed by atoms with Gasteiger partial charge in [0.2, 0.25) is 0 Å². The second kappa shape index (κ2) is 9.15. The second-order valence-electron chi connectivity index (χ2n) is 5.69. The lowest BCUT2D eigenvalue weighted by Crippen LogP contribution is -2.39. The average Bonchev–Trinajstić information content (AvgIpc) is 3.01. The Hall–Kier alpha value is -2.08. The van der Waals surface area contributed by atoms with E-state index in [2.05, 4.69) is 17.4 Å². The number of benzene rings is 1. The van der Waals surface area contributed by atoms with Gasteiger partial charge in [-0.05, 0) is 24.8 Å². The molecule has 1 unspecified atom stereocenters. The molecule has 0 radical (unpaired) electrons. The highest BCUT2D eigenvalue weighted by atomic mass is 16.5. The molecule has 1 saturated heterocycles. The van der Waals surface area contributed by atoms with E-state index in [4.69, 9.17) is 9.84 Å². The summed E-state index contributed by atoms with van der Waals surface area (Å²) in [5, 5.41) is 11.2. The van der Waals surface area contributed by atoms with Crippen molar-refractivity contribution in [3.8, 4) is 0 Å². The summed E-state index contributed by atoms with van der Waals surface area (Å²) < 4.78 is 5.83. The van der Waals surface area contributed by atoms with Crippen LogP contribution in [-0.4, -0.2) is 54.4 Å². The molecule has 1 atom stereocenters. The van der Waals surface area contributed by atoms with Gasteiger partial charge in [-0.15, -0.1) is 0 Å². The summed E-state index contributed by atoms with van der Waals surface area (Å²) in [7, 11) is 0. The number of aliphatic carboxylic acids is 1. The summed E-state index contributed by atoms with van der Waals surface area (Å²) in [6, 6.07) is 10.1. The molecule has 1 aromatic rings. The maximum atomic E-state index is 11.9. The number of carbonyl (C=O) groups excluding carboxylic acids is 1. The number of rotatable bonds is 8. The minimum absolute atomic E-state index is 0.0566. The van der Waals surface area contributed by atoms with E-state index in [1.54, 1.807) is 4.90 Å². The number of likely N-dealkylation sites (tertiary alicyclic amines) is 1. The highest BCUT2D eigenvalue weighted by Gasteiger charge is 2.26. The minimum Gasteiger partial charge on any atom is -0.481 e. The van der Waals surface area contributed by atoms with Crippen LogP contribution >= 0.6 is 0 Å². The quantitative estimate of drug-likeness (QED) is 0.717. The second-order valence-corrected chi connectivity index (χ2v) is 5.69. The summed E-state index contributed by atoms with van der Waals surface area (Å²) in [5.74, 6) is -0.911. The van der Waals surface area contributed by atoms with Gasteiger partial charge in [0.05, 0.1) is 12.5 Å². The van der Waals surface area contributed by atoms with Gasteiger partial charge < -0.3 is 20.1 Å². The van der Waals surface area contributed by atoms with Gasteiger partial charge >= 0.3 is 12.0 Å². The van der Waals surface area contributed by atoms with Crippen LogP contribution in [0.3, 0.4) is 0 Å². The smallest absolute Gasteiger partial charge is 0.317 e. The maximum absolute atomic E-state index is 11.9. The molecule has 0 saturated carbocycles. The third-order valence-electron chi connectivity index (χ3n) is 3.85. The molecule has 1 aliphatic heterocycles. The first-order chi connectivity index (χ1) is 11.1. The molecule has 2 amide bonds. The number of amides is 2. The van der Waals surface area contributed by atoms with E-state index >= 15 is 0 Å². The predicted molar refractivity (Wildman–Crippen MR) is 86.3 cm³/mol. The molecule has 2 rings (SSSR count). The van der Waals surface area contributed by atoms with Crippen LogP contribution in [0.25, 0.3) is 0 Å². The van der Waals surface area contributed by atoms with Crippen molar-refractivity contribution in [2.75, 3.05) is 26.2 Å². The maximum Gasteiger partial charge on any atom is 0.317 e. The van der Waals surface area contributed by atoms with Gasteiger partial charge in [-0.25, -0.2) is 4.79 Å². The zero-order valence-electron chi connectivity index (χ0n) is 13.2. The molecule has 1 heterocycles. The fourth-order valence-electron chi connectivity index (χ4n) is 2.61. The van der Waals surface area contributed by atoms with Crippen molar-refractivity contribution in [1.29, 1.82) is 0 Å². The zero-order chi connectivity index (χ0) is 16.5. The number of aryl methyl sites for hydroxylation is 1. The first-order valence-electron chi connectivity index (χ1n) is 8.05. The fourth-order valence-corrected chi connectivity index (χ4v) is 2.61. The molecule has 0 aromatic heterocycles. The van der Waals surface area contributed by atoms with E-state index in [0.717, 1.165) is 19.3 Å². The molecule has 0 aliphatic carbocycles. The summed E-state index contributed by atoms with van der Waals surface area (Å²) in [6.07, 6.45) is 2.81. The van der Waals surface area contributed by atoms with Crippen molar-refractivity contribution >= 4 is 12.0 Å². The number of urea groups is 1. The highest BCUT2D eigenvalue weighted by Crippen LogP contribution is 2.13. The Morgan fingerprint density at radius 2 is 2.09 bits per heavy atom. The molecule has 0 spiro atoms. The lowest BCUT2D eigenvalue weighted by Gasteiger charge is -2.17. The fraction of sp³-hybridized carbons (Fsp3) is 0.529. The zero-order valence-corrected chi connectivity index (χ0v) is 13.2. The monoisotopic (exact) mass is 320 g/mol. The van der Waals surface area contributed by atoms with Gasteiger partial charge in [-0.1, -0.05) is 30.3 Å². The molecule has 2 N–H and O–H groups in total. The lowest BCUT2D eigenvalue weighted by atomic mass is 10.1. The minimum atomic E-state index is -0.911. The largest absolute Gasteiger partial charge is 0.481 e. The Morgan fingerprint density at radius 1 is 1.30 bits per heavy atom. The lowest BCUT2D eigenvalue weighted by molar-refractivity contribution is -0.136. The topological polar surface area (TPSA) is 78.9 Å². The SMILES string of the molecule is O=C(O)CCNC(=O)N1CCC(OCCCc2ccccc2)C1. The van der Waals surface area contributed by atoms with E-state index in [1.165, 1.54) is 5.56 Å². The number of nitrogens with zero attached hydrogens (tertiary/aromatic N) is 1. The Kier molecular flexibility index (Phi) is 6.87. The number of ether oxygens (including phenoxy) is 1. The number of nitrogens with one attached hydrogen (secondary N) is 1. The van der Waals surface area contributed by atoms with Gasteiger partial charge in [-0.3, -0.25) is 4.79 Å². The third kappa shape index (κ3) is 6.28. The molecule has 126 valence electrons. The molecule has 1 aliphatic rings. The first-order valence-corrected chi connectivity index (χ1v) is 8.05. The van der Waals surface area contributed by atoms with Gasteiger partial charge in [0.15, 0.2) is 0 Å². The third-order valence-corrected chi connectivity index (χ3v) is 3.85. The number of hydrogen-bond acceptors (Lipinski definition) is 3. The summed E-state index contributed by atoms with van der Waals surface area (Å²) in [5.41, 5.74) is 1.31. The van der Waals surface area contributed by atoms with Crippen LogP contribution in [0.15, 0.2) is 30.3 Å². The van der Waals surface area contributed by atoms with Crippen LogP contribution < -0.4 is 5.32 Å². The molecule has 1 fully saturated rings. The van der Waals surface area contributed by atoms with Crippen molar-refractivity contribution in [3.05, 3.63) is 35.9 Å². The Morgan fingerprint density at radius 3 is 2.83 bits per heavy atom. The number of carbonyl (C=O) groups is 2. The van der Waals surface area contributed by atoms with E-state index in [-0.39, 0.29) is 25.1 Å². The van der Waals surface area contributed by atoms with Crippen molar-refractivity contribution in [2.45, 2.75) is 31.8 Å².